The van der Waals surface area contributed by atoms with Gasteiger partial charge in [0, 0.05) is 7.11 Å². The van der Waals surface area contributed by atoms with Gasteiger partial charge in [-0.2, -0.15) is 0 Å². The molecule has 2 unspecified atom stereocenters. The lowest BCUT2D eigenvalue weighted by atomic mass is 9.90. The molecule has 0 saturated carbocycles. The van der Waals surface area contributed by atoms with Gasteiger partial charge in [-0.25, -0.2) is 0 Å². The maximum atomic E-state index is 5.85. The molecule has 1 rings (SSSR count). The number of unbranched alkanes of at least 4 members (excludes halogenated alkanes) is 1. The second-order valence-corrected chi connectivity index (χ2v) is 4.81. The first-order valence-corrected chi connectivity index (χ1v) is 7.01. The zero-order valence-corrected chi connectivity index (χ0v) is 12.2. The Labute approximate surface area is 111 Å². The quantitative estimate of drug-likeness (QED) is 0.724. The summed E-state index contributed by atoms with van der Waals surface area (Å²) in [6.07, 6.45) is 4.95. The Morgan fingerprint density at radius 3 is 2.67 bits per heavy atom. The number of methoxy groups -OCH3 is 1. The SMILES string of the molecule is CCCCC(CC)C(NC)c1ccc(COC)o1. The Morgan fingerprint density at radius 1 is 1.33 bits per heavy atom. The van der Waals surface area contributed by atoms with Crippen molar-refractivity contribution in [2.45, 2.75) is 52.2 Å². The Kier molecular flexibility index (Phi) is 7.06. The normalized spacial score (nSPS) is 14.7. The topological polar surface area (TPSA) is 34.4 Å². The Hall–Kier alpha value is -0.800. The van der Waals surface area contributed by atoms with E-state index in [1.807, 2.05) is 13.1 Å². The molecule has 0 bridgehead atoms. The van der Waals surface area contributed by atoms with Gasteiger partial charge in [0.25, 0.3) is 0 Å². The monoisotopic (exact) mass is 253 g/mol. The highest BCUT2D eigenvalue weighted by Crippen LogP contribution is 2.30. The van der Waals surface area contributed by atoms with Crippen LogP contribution in [0.1, 0.15) is 57.1 Å². The lowest BCUT2D eigenvalue weighted by Gasteiger charge is -2.24. The van der Waals surface area contributed by atoms with E-state index < -0.39 is 0 Å². The summed E-state index contributed by atoms with van der Waals surface area (Å²) < 4.78 is 10.9. The molecule has 18 heavy (non-hydrogen) atoms. The second kappa shape index (κ2) is 8.33. The summed E-state index contributed by atoms with van der Waals surface area (Å²) in [6, 6.07) is 4.40. The zero-order valence-electron chi connectivity index (χ0n) is 12.2. The minimum atomic E-state index is 0.312. The highest BCUT2D eigenvalue weighted by molar-refractivity contribution is 5.11. The summed E-state index contributed by atoms with van der Waals surface area (Å²) >= 11 is 0. The molecule has 0 radical (unpaired) electrons. The van der Waals surface area contributed by atoms with E-state index in [4.69, 9.17) is 9.15 Å². The van der Waals surface area contributed by atoms with E-state index in [0.29, 0.717) is 18.6 Å². The van der Waals surface area contributed by atoms with Crippen molar-refractivity contribution < 1.29 is 9.15 Å². The number of rotatable bonds is 9. The fourth-order valence-electron chi connectivity index (χ4n) is 2.46. The van der Waals surface area contributed by atoms with E-state index in [0.717, 1.165) is 11.5 Å². The Morgan fingerprint density at radius 2 is 2.11 bits per heavy atom. The number of ether oxygens (including phenoxy) is 1. The molecule has 2 atom stereocenters. The average Bonchev–Trinajstić information content (AvgIpc) is 2.83. The predicted octanol–water partition coefficient (Wildman–Crippen LogP) is 3.90. The van der Waals surface area contributed by atoms with Crippen LogP contribution in [0.5, 0.6) is 0 Å². The third kappa shape index (κ3) is 4.14. The zero-order chi connectivity index (χ0) is 13.4. The van der Waals surface area contributed by atoms with Gasteiger partial charge in [-0.05, 0) is 31.5 Å². The minimum absolute atomic E-state index is 0.312. The fourth-order valence-corrected chi connectivity index (χ4v) is 2.46. The molecule has 0 spiro atoms. The number of hydrogen-bond acceptors (Lipinski definition) is 3. The summed E-state index contributed by atoms with van der Waals surface area (Å²) in [5.74, 6) is 2.57. The van der Waals surface area contributed by atoms with Crippen molar-refractivity contribution in [3.63, 3.8) is 0 Å². The molecule has 0 aliphatic carbocycles. The first-order chi connectivity index (χ1) is 8.76. The first-order valence-electron chi connectivity index (χ1n) is 7.01. The predicted molar refractivity (Wildman–Crippen MR) is 74.5 cm³/mol. The molecule has 3 nitrogen and oxygen atoms in total. The largest absolute Gasteiger partial charge is 0.462 e. The van der Waals surface area contributed by atoms with Crippen molar-refractivity contribution in [1.29, 1.82) is 0 Å². The van der Waals surface area contributed by atoms with Gasteiger partial charge in [-0.3, -0.25) is 0 Å². The van der Waals surface area contributed by atoms with Gasteiger partial charge in [0.1, 0.15) is 18.1 Å². The van der Waals surface area contributed by atoms with Crippen LogP contribution in [0.3, 0.4) is 0 Å². The van der Waals surface area contributed by atoms with Crippen molar-refractivity contribution in [2.24, 2.45) is 5.92 Å². The molecule has 0 aliphatic heterocycles. The molecule has 0 aliphatic rings. The van der Waals surface area contributed by atoms with Crippen LogP contribution >= 0.6 is 0 Å². The van der Waals surface area contributed by atoms with Crippen LogP contribution in [0.4, 0.5) is 0 Å². The maximum Gasteiger partial charge on any atom is 0.129 e. The smallest absolute Gasteiger partial charge is 0.129 e. The molecule has 1 heterocycles. The number of furan rings is 1. The molecule has 104 valence electrons. The molecule has 0 amide bonds. The van der Waals surface area contributed by atoms with Crippen LogP contribution in [-0.4, -0.2) is 14.2 Å². The summed E-state index contributed by atoms with van der Waals surface area (Å²) in [4.78, 5) is 0. The molecular formula is C15H27NO2. The molecule has 1 N–H and O–H groups in total. The van der Waals surface area contributed by atoms with Crippen molar-refractivity contribution in [2.75, 3.05) is 14.2 Å². The minimum Gasteiger partial charge on any atom is -0.462 e. The summed E-state index contributed by atoms with van der Waals surface area (Å²) in [6.45, 7) is 5.04. The Balaban J connectivity index is 2.72. The standard InChI is InChI=1S/C15H27NO2/c1-5-7-8-12(6-2)15(16-3)14-10-9-13(18-14)11-17-4/h9-10,12,15-16H,5-8,11H2,1-4H3. The lowest BCUT2D eigenvalue weighted by molar-refractivity contribution is 0.159. The first kappa shape index (κ1) is 15.3. The summed E-state index contributed by atoms with van der Waals surface area (Å²) in [5.41, 5.74) is 0. The molecule has 0 aromatic carbocycles. The molecule has 1 aromatic heterocycles. The molecular weight excluding hydrogens is 226 g/mol. The van der Waals surface area contributed by atoms with Gasteiger partial charge in [0.15, 0.2) is 0 Å². The molecule has 3 heteroatoms. The van der Waals surface area contributed by atoms with Crippen LogP contribution in [0.2, 0.25) is 0 Å². The number of hydrogen-bond donors (Lipinski definition) is 1. The van der Waals surface area contributed by atoms with Gasteiger partial charge >= 0.3 is 0 Å². The fraction of sp³-hybridized carbons (Fsp3) is 0.733. The van der Waals surface area contributed by atoms with Gasteiger partial charge in [0.05, 0.1) is 6.04 Å². The third-order valence-electron chi connectivity index (χ3n) is 3.51. The lowest BCUT2D eigenvalue weighted by Crippen LogP contribution is -2.24. The van der Waals surface area contributed by atoms with Crippen molar-refractivity contribution in [3.8, 4) is 0 Å². The molecule has 0 fully saturated rings. The number of nitrogens with one attached hydrogen (secondary N) is 1. The van der Waals surface area contributed by atoms with Crippen molar-refractivity contribution in [1.82, 2.24) is 5.32 Å². The van der Waals surface area contributed by atoms with E-state index in [2.05, 4.69) is 25.2 Å². The average molecular weight is 253 g/mol. The molecule has 0 saturated heterocycles. The van der Waals surface area contributed by atoms with Gasteiger partial charge in [-0.15, -0.1) is 0 Å². The van der Waals surface area contributed by atoms with Crippen LogP contribution in [0.15, 0.2) is 16.5 Å². The van der Waals surface area contributed by atoms with Crippen LogP contribution < -0.4 is 5.32 Å². The van der Waals surface area contributed by atoms with E-state index in [1.54, 1.807) is 7.11 Å². The molecule has 1 aromatic rings. The van der Waals surface area contributed by atoms with Gasteiger partial charge in [-0.1, -0.05) is 33.1 Å². The van der Waals surface area contributed by atoms with Crippen molar-refractivity contribution >= 4 is 0 Å². The van der Waals surface area contributed by atoms with E-state index in [-0.39, 0.29) is 0 Å². The van der Waals surface area contributed by atoms with Crippen LogP contribution in [0.25, 0.3) is 0 Å². The van der Waals surface area contributed by atoms with Crippen molar-refractivity contribution in [3.05, 3.63) is 23.7 Å². The van der Waals surface area contributed by atoms with Crippen LogP contribution in [-0.2, 0) is 11.3 Å². The summed E-state index contributed by atoms with van der Waals surface area (Å²) in [5, 5.41) is 3.40. The highest BCUT2D eigenvalue weighted by atomic mass is 16.5. The van der Waals surface area contributed by atoms with Gasteiger partial charge in [0.2, 0.25) is 0 Å². The summed E-state index contributed by atoms with van der Waals surface area (Å²) in [7, 11) is 3.70. The second-order valence-electron chi connectivity index (χ2n) is 4.81. The third-order valence-corrected chi connectivity index (χ3v) is 3.51. The van der Waals surface area contributed by atoms with E-state index >= 15 is 0 Å². The van der Waals surface area contributed by atoms with E-state index in [9.17, 15) is 0 Å². The van der Waals surface area contributed by atoms with Gasteiger partial charge < -0.3 is 14.5 Å². The maximum absolute atomic E-state index is 5.85. The Bertz CT molecular complexity index is 322. The highest BCUT2D eigenvalue weighted by Gasteiger charge is 2.22. The van der Waals surface area contributed by atoms with Crippen LogP contribution in [0, 0.1) is 5.92 Å². The van der Waals surface area contributed by atoms with E-state index in [1.165, 1.54) is 25.7 Å².